The summed E-state index contributed by atoms with van der Waals surface area (Å²) in [5.41, 5.74) is 1.01. The number of hydrogen-bond acceptors (Lipinski definition) is 4. The molecule has 0 fully saturated rings. The molecule has 2 rings (SSSR count). The van der Waals surface area contributed by atoms with Crippen LogP contribution in [0.5, 0.6) is 0 Å². The lowest BCUT2D eigenvalue weighted by Gasteiger charge is -2.45. The molecule has 138 valence electrons. The van der Waals surface area contributed by atoms with Crippen LogP contribution < -0.4 is 0 Å². The molecular weight excluding hydrogens is 406 g/mol. The van der Waals surface area contributed by atoms with E-state index < -0.39 is 27.6 Å². The highest BCUT2D eigenvalue weighted by Gasteiger charge is 2.50. The van der Waals surface area contributed by atoms with Gasteiger partial charge in [-0.15, -0.1) is 0 Å². The van der Waals surface area contributed by atoms with Crippen LogP contribution in [0.4, 0.5) is 0 Å². The van der Waals surface area contributed by atoms with Gasteiger partial charge in [-0.25, -0.2) is 8.42 Å². The van der Waals surface area contributed by atoms with Crippen molar-refractivity contribution in [3.05, 3.63) is 39.9 Å². The molecule has 5 nitrogen and oxygen atoms in total. The topological polar surface area (TPSA) is 63.7 Å². The van der Waals surface area contributed by atoms with Crippen molar-refractivity contribution in [1.82, 2.24) is 4.31 Å². The van der Waals surface area contributed by atoms with Gasteiger partial charge < -0.3 is 4.74 Å². The maximum Gasteiger partial charge on any atom is 0.324 e. The van der Waals surface area contributed by atoms with Gasteiger partial charge in [0, 0.05) is 4.48 Å². The Morgan fingerprint density at radius 3 is 2.36 bits per heavy atom. The first kappa shape index (κ1) is 20.1. The average molecular weight is 430 g/mol. The molecule has 1 aromatic carbocycles. The molecular formula is C18H24BrNO4S. The van der Waals surface area contributed by atoms with E-state index in [0.717, 1.165) is 15.6 Å². The minimum atomic E-state index is -3.89. The van der Waals surface area contributed by atoms with Crippen molar-refractivity contribution in [2.24, 2.45) is 0 Å². The van der Waals surface area contributed by atoms with E-state index >= 15 is 0 Å². The fourth-order valence-electron chi connectivity index (χ4n) is 3.18. The van der Waals surface area contributed by atoms with Crippen molar-refractivity contribution in [2.45, 2.75) is 57.5 Å². The Kier molecular flexibility index (Phi) is 5.81. The second-order valence-electron chi connectivity index (χ2n) is 6.74. The van der Waals surface area contributed by atoms with Crippen molar-refractivity contribution in [1.29, 1.82) is 0 Å². The van der Waals surface area contributed by atoms with E-state index in [1.807, 2.05) is 13.8 Å². The quantitative estimate of drug-likeness (QED) is 0.683. The van der Waals surface area contributed by atoms with Gasteiger partial charge >= 0.3 is 5.97 Å². The number of benzene rings is 1. The van der Waals surface area contributed by atoms with Gasteiger partial charge in [-0.2, -0.15) is 4.31 Å². The van der Waals surface area contributed by atoms with Gasteiger partial charge in [-0.3, -0.25) is 4.79 Å². The second-order valence-corrected chi connectivity index (χ2v) is 9.35. The molecule has 0 aliphatic carbocycles. The van der Waals surface area contributed by atoms with Gasteiger partial charge in [0.15, 0.2) is 0 Å². The highest BCUT2D eigenvalue weighted by atomic mass is 79.9. The molecule has 1 heterocycles. The monoisotopic (exact) mass is 429 g/mol. The summed E-state index contributed by atoms with van der Waals surface area (Å²) in [4.78, 5) is 12.7. The zero-order chi connectivity index (χ0) is 19.0. The van der Waals surface area contributed by atoms with Gasteiger partial charge in [-0.1, -0.05) is 39.2 Å². The molecule has 25 heavy (non-hydrogen) atoms. The van der Waals surface area contributed by atoms with E-state index in [9.17, 15) is 13.2 Å². The van der Waals surface area contributed by atoms with Crippen molar-refractivity contribution >= 4 is 31.9 Å². The SMILES string of the molecule is CCOC(=O)C1CC(C)=C(Br)C(C)(C)N1S(=O)(=O)c1ccc(C)cc1. The van der Waals surface area contributed by atoms with E-state index in [2.05, 4.69) is 15.9 Å². The van der Waals surface area contributed by atoms with Gasteiger partial charge in [-0.05, 0) is 53.2 Å². The number of carbonyl (C=O) groups excluding carboxylic acids is 1. The van der Waals surface area contributed by atoms with Gasteiger partial charge in [0.2, 0.25) is 10.0 Å². The molecule has 1 aliphatic rings. The van der Waals surface area contributed by atoms with Crippen LogP contribution in [0, 0.1) is 6.92 Å². The third-order valence-corrected chi connectivity index (χ3v) is 8.13. The van der Waals surface area contributed by atoms with Crippen molar-refractivity contribution in [2.75, 3.05) is 6.61 Å². The summed E-state index contributed by atoms with van der Waals surface area (Å²) in [6.07, 6.45) is 0.300. The largest absolute Gasteiger partial charge is 0.465 e. The predicted octanol–water partition coefficient (Wildman–Crippen LogP) is 3.77. The maximum absolute atomic E-state index is 13.4. The molecule has 1 atom stereocenters. The maximum atomic E-state index is 13.4. The molecule has 0 amide bonds. The minimum Gasteiger partial charge on any atom is -0.465 e. The van der Waals surface area contributed by atoms with Crippen LogP contribution in [0.25, 0.3) is 0 Å². The number of nitrogens with zero attached hydrogens (tertiary/aromatic N) is 1. The summed E-state index contributed by atoms with van der Waals surface area (Å²) < 4.78 is 33.9. The van der Waals surface area contributed by atoms with Crippen molar-refractivity contribution < 1.29 is 17.9 Å². The highest BCUT2D eigenvalue weighted by Crippen LogP contribution is 2.43. The Morgan fingerprint density at radius 2 is 1.84 bits per heavy atom. The molecule has 0 saturated carbocycles. The number of hydrogen-bond donors (Lipinski definition) is 0. The second kappa shape index (κ2) is 7.21. The minimum absolute atomic E-state index is 0.167. The number of halogens is 1. The Labute approximate surface area is 158 Å². The summed E-state index contributed by atoms with van der Waals surface area (Å²) in [6, 6.07) is 5.76. The highest BCUT2D eigenvalue weighted by molar-refractivity contribution is 9.11. The molecule has 1 unspecified atom stereocenters. The first-order valence-electron chi connectivity index (χ1n) is 8.17. The van der Waals surface area contributed by atoms with Crippen LogP contribution in [0.2, 0.25) is 0 Å². The number of sulfonamides is 1. The number of ether oxygens (including phenoxy) is 1. The third-order valence-electron chi connectivity index (χ3n) is 4.38. The van der Waals surface area contributed by atoms with Crippen LogP contribution in [0.3, 0.4) is 0 Å². The van der Waals surface area contributed by atoms with Gasteiger partial charge in [0.1, 0.15) is 6.04 Å². The molecule has 1 aliphatic heterocycles. The molecule has 7 heteroatoms. The predicted molar refractivity (Wildman–Crippen MR) is 101 cm³/mol. The molecule has 0 bridgehead atoms. The van der Waals surface area contributed by atoms with Crippen molar-refractivity contribution in [3.8, 4) is 0 Å². The van der Waals surface area contributed by atoms with Gasteiger partial charge in [0.25, 0.3) is 0 Å². The molecule has 0 saturated heterocycles. The summed E-state index contributed by atoms with van der Waals surface area (Å²) in [5.74, 6) is -0.523. The van der Waals surface area contributed by atoms with E-state index in [-0.39, 0.29) is 11.5 Å². The molecule has 0 spiro atoms. The lowest BCUT2D eigenvalue weighted by Crippen LogP contribution is -2.58. The first-order valence-corrected chi connectivity index (χ1v) is 10.4. The molecule has 0 aromatic heterocycles. The Balaban J connectivity index is 2.62. The number of esters is 1. The standard InChI is InChI=1S/C18H24BrNO4S/c1-6-24-17(21)15-11-13(3)16(19)18(4,5)20(15)25(22,23)14-9-7-12(2)8-10-14/h7-10,15H,6,11H2,1-5H3. The lowest BCUT2D eigenvalue weighted by atomic mass is 9.91. The summed E-state index contributed by atoms with van der Waals surface area (Å²) >= 11 is 3.53. The summed E-state index contributed by atoms with van der Waals surface area (Å²) in [6.45, 7) is 9.29. The number of carbonyl (C=O) groups is 1. The van der Waals surface area contributed by atoms with E-state index in [0.29, 0.717) is 6.42 Å². The van der Waals surface area contributed by atoms with Crippen LogP contribution in [0.1, 0.15) is 39.7 Å². The Bertz CT molecular complexity index is 797. The van der Waals surface area contributed by atoms with E-state index in [1.165, 1.54) is 4.31 Å². The fraction of sp³-hybridized carbons (Fsp3) is 0.500. The fourth-order valence-corrected chi connectivity index (χ4v) is 5.55. The summed E-state index contributed by atoms with van der Waals surface area (Å²) in [7, 11) is -3.89. The Morgan fingerprint density at radius 1 is 1.28 bits per heavy atom. The normalized spacial score (nSPS) is 21.3. The zero-order valence-corrected chi connectivity index (χ0v) is 17.6. The molecule has 1 aromatic rings. The first-order chi connectivity index (χ1) is 11.5. The van der Waals surface area contributed by atoms with Crippen LogP contribution in [0.15, 0.2) is 39.2 Å². The smallest absolute Gasteiger partial charge is 0.324 e. The third kappa shape index (κ3) is 3.68. The van der Waals surface area contributed by atoms with Crippen LogP contribution >= 0.6 is 15.9 Å². The van der Waals surface area contributed by atoms with E-state index in [1.54, 1.807) is 45.0 Å². The molecule has 0 radical (unpaired) electrons. The Hall–Kier alpha value is -1.18. The van der Waals surface area contributed by atoms with Gasteiger partial charge in [0.05, 0.1) is 17.0 Å². The number of aryl methyl sites for hydroxylation is 1. The number of rotatable bonds is 4. The van der Waals surface area contributed by atoms with Crippen molar-refractivity contribution in [3.63, 3.8) is 0 Å². The lowest BCUT2D eigenvalue weighted by molar-refractivity contribution is -0.149. The average Bonchev–Trinajstić information content (AvgIpc) is 2.52. The van der Waals surface area contributed by atoms with Crippen LogP contribution in [-0.4, -0.2) is 36.9 Å². The summed E-state index contributed by atoms with van der Waals surface area (Å²) in [5, 5.41) is 0. The van der Waals surface area contributed by atoms with Crippen LogP contribution in [-0.2, 0) is 19.6 Å². The van der Waals surface area contributed by atoms with E-state index in [4.69, 9.17) is 4.74 Å². The zero-order valence-electron chi connectivity index (χ0n) is 15.2. The molecule has 0 N–H and O–H groups in total.